The third-order valence-corrected chi connectivity index (χ3v) is 2.97. The van der Waals surface area contributed by atoms with Gasteiger partial charge in [-0.1, -0.05) is 29.3 Å². The lowest BCUT2D eigenvalue weighted by Crippen LogP contribution is -2.26. The molecule has 3 N–H and O–H groups in total. The van der Waals surface area contributed by atoms with E-state index in [1.54, 1.807) is 18.2 Å². The number of benzene rings is 1. The molecule has 0 fully saturated rings. The molecule has 1 aromatic rings. The summed E-state index contributed by atoms with van der Waals surface area (Å²) in [6.45, 7) is 5.69. The number of hydrogen-bond acceptors (Lipinski definition) is 3. The van der Waals surface area contributed by atoms with Crippen LogP contribution in [0.25, 0.3) is 0 Å². The quantitative estimate of drug-likeness (QED) is 0.619. The first-order valence-electron chi connectivity index (χ1n) is 5.26. The maximum Gasteiger partial charge on any atom is 0.0693 e. The van der Waals surface area contributed by atoms with Crippen molar-refractivity contribution < 1.29 is 5.11 Å². The van der Waals surface area contributed by atoms with Crippen LogP contribution in [0.1, 0.15) is 5.56 Å². The average molecular weight is 275 g/mol. The van der Waals surface area contributed by atoms with E-state index in [1.165, 1.54) is 0 Å². The first-order valence-corrected chi connectivity index (χ1v) is 6.01. The van der Waals surface area contributed by atoms with Crippen LogP contribution in [0.5, 0.6) is 0 Å². The van der Waals surface area contributed by atoms with Gasteiger partial charge in [-0.05, 0) is 17.7 Å². The van der Waals surface area contributed by atoms with Crippen LogP contribution in [-0.2, 0) is 6.54 Å². The fourth-order valence-electron chi connectivity index (χ4n) is 1.55. The van der Waals surface area contributed by atoms with E-state index in [2.05, 4.69) is 6.58 Å². The highest BCUT2D eigenvalue weighted by molar-refractivity contribution is 6.38. The maximum atomic E-state index is 8.95. The molecule has 0 saturated carbocycles. The third-order valence-electron chi connectivity index (χ3n) is 2.35. The summed E-state index contributed by atoms with van der Waals surface area (Å²) in [6, 6.07) is 3.58. The summed E-state index contributed by atoms with van der Waals surface area (Å²) in [4.78, 5) is 2.03. The zero-order valence-electron chi connectivity index (χ0n) is 9.50. The van der Waals surface area contributed by atoms with E-state index < -0.39 is 0 Å². The van der Waals surface area contributed by atoms with Gasteiger partial charge in [0.25, 0.3) is 0 Å². The third kappa shape index (κ3) is 4.21. The first-order chi connectivity index (χ1) is 8.08. The summed E-state index contributed by atoms with van der Waals surface area (Å²) >= 11 is 11.9. The van der Waals surface area contributed by atoms with Gasteiger partial charge >= 0.3 is 0 Å². The predicted molar refractivity (Wildman–Crippen MR) is 73.4 cm³/mol. The molecule has 0 radical (unpaired) electrons. The molecule has 1 aromatic carbocycles. The van der Waals surface area contributed by atoms with Crippen molar-refractivity contribution in [1.82, 2.24) is 4.90 Å². The second-order valence-corrected chi connectivity index (χ2v) is 4.53. The van der Waals surface area contributed by atoms with E-state index in [4.69, 9.17) is 34.0 Å². The van der Waals surface area contributed by atoms with Crippen molar-refractivity contribution in [3.8, 4) is 0 Å². The highest BCUT2D eigenvalue weighted by Crippen LogP contribution is 2.29. The van der Waals surface area contributed by atoms with Gasteiger partial charge in [-0.25, -0.2) is 0 Å². The normalized spacial score (nSPS) is 10.8. The molecule has 0 bridgehead atoms. The Kier molecular flexibility index (Phi) is 5.78. The summed E-state index contributed by atoms with van der Waals surface area (Å²) in [5.74, 6) is 0. The minimum atomic E-state index is 0.101. The van der Waals surface area contributed by atoms with Crippen molar-refractivity contribution >= 4 is 28.9 Å². The van der Waals surface area contributed by atoms with Crippen LogP contribution in [0.4, 0.5) is 5.69 Å². The average Bonchev–Trinajstić information content (AvgIpc) is 2.26. The van der Waals surface area contributed by atoms with Gasteiger partial charge in [-0.2, -0.15) is 0 Å². The molecule has 0 aliphatic heterocycles. The van der Waals surface area contributed by atoms with E-state index in [0.29, 0.717) is 35.4 Å². The molecule has 0 unspecified atom stereocenters. The van der Waals surface area contributed by atoms with E-state index >= 15 is 0 Å². The van der Waals surface area contributed by atoms with E-state index in [-0.39, 0.29) is 6.61 Å². The molecule has 0 aliphatic carbocycles. The summed E-state index contributed by atoms with van der Waals surface area (Å²) in [5, 5.41) is 9.85. The number of rotatable bonds is 6. The topological polar surface area (TPSA) is 49.5 Å². The number of hydrogen-bond donors (Lipinski definition) is 2. The fraction of sp³-hybridized carbons (Fsp3) is 0.333. The van der Waals surface area contributed by atoms with Gasteiger partial charge in [0, 0.05) is 19.6 Å². The Balaban J connectivity index is 2.81. The Morgan fingerprint density at radius 1 is 1.35 bits per heavy atom. The smallest absolute Gasteiger partial charge is 0.0693 e. The Hall–Kier alpha value is -0.740. The number of aliphatic hydroxyl groups is 1. The highest BCUT2D eigenvalue weighted by Gasteiger charge is 2.08. The standard InChI is InChI=1S/C12H16Cl2N2O/c1-2-3-16(4-5-17)8-9-6-10(13)12(15)11(14)7-9/h2,6-7,17H,1,3-5,8,15H2. The Morgan fingerprint density at radius 2 is 1.94 bits per heavy atom. The second kappa shape index (κ2) is 6.87. The van der Waals surface area contributed by atoms with Crippen LogP contribution in [0.2, 0.25) is 10.0 Å². The van der Waals surface area contributed by atoms with Gasteiger partial charge in [0.2, 0.25) is 0 Å². The molecule has 0 aliphatic rings. The lowest BCUT2D eigenvalue weighted by molar-refractivity contribution is 0.203. The molecule has 5 heteroatoms. The van der Waals surface area contributed by atoms with Crippen molar-refractivity contribution in [2.24, 2.45) is 0 Å². The predicted octanol–water partition coefficient (Wildman–Crippen LogP) is 2.56. The number of anilines is 1. The van der Waals surface area contributed by atoms with Crippen molar-refractivity contribution in [2.75, 3.05) is 25.4 Å². The SMILES string of the molecule is C=CCN(CCO)Cc1cc(Cl)c(N)c(Cl)c1. The summed E-state index contributed by atoms with van der Waals surface area (Å²) < 4.78 is 0. The highest BCUT2D eigenvalue weighted by atomic mass is 35.5. The van der Waals surface area contributed by atoms with Gasteiger partial charge in [-0.3, -0.25) is 4.90 Å². The zero-order valence-corrected chi connectivity index (χ0v) is 11.0. The minimum Gasteiger partial charge on any atom is -0.396 e. The van der Waals surface area contributed by atoms with Crippen molar-refractivity contribution in [2.45, 2.75) is 6.54 Å². The molecule has 3 nitrogen and oxygen atoms in total. The van der Waals surface area contributed by atoms with Gasteiger partial charge in [0.05, 0.1) is 22.3 Å². The Bertz CT molecular complexity index is 373. The largest absolute Gasteiger partial charge is 0.396 e. The molecular formula is C12H16Cl2N2O. The fourth-order valence-corrected chi connectivity index (χ4v) is 2.08. The van der Waals surface area contributed by atoms with E-state index in [1.807, 2.05) is 4.90 Å². The first kappa shape index (κ1) is 14.3. The van der Waals surface area contributed by atoms with Crippen molar-refractivity contribution in [3.63, 3.8) is 0 Å². The van der Waals surface area contributed by atoms with Crippen LogP contribution < -0.4 is 5.73 Å². The summed E-state index contributed by atoms with van der Waals surface area (Å²) in [7, 11) is 0. The van der Waals surface area contributed by atoms with Crippen LogP contribution >= 0.6 is 23.2 Å². The summed E-state index contributed by atoms with van der Waals surface area (Å²) in [5.41, 5.74) is 7.03. The zero-order chi connectivity index (χ0) is 12.8. The van der Waals surface area contributed by atoms with Gasteiger partial charge in [-0.15, -0.1) is 6.58 Å². The molecule has 0 atom stereocenters. The minimum absolute atomic E-state index is 0.101. The van der Waals surface area contributed by atoms with Crippen LogP contribution in [-0.4, -0.2) is 29.7 Å². The number of nitrogens with zero attached hydrogens (tertiary/aromatic N) is 1. The van der Waals surface area contributed by atoms with Crippen LogP contribution in [0, 0.1) is 0 Å². The summed E-state index contributed by atoms with van der Waals surface area (Å²) in [6.07, 6.45) is 1.79. The van der Waals surface area contributed by atoms with Crippen molar-refractivity contribution in [3.05, 3.63) is 40.4 Å². The number of halogens is 2. The van der Waals surface area contributed by atoms with Gasteiger partial charge in [0.1, 0.15) is 0 Å². The maximum absolute atomic E-state index is 8.95. The second-order valence-electron chi connectivity index (χ2n) is 3.72. The number of nitrogens with two attached hydrogens (primary N) is 1. The molecule has 94 valence electrons. The molecular weight excluding hydrogens is 259 g/mol. The van der Waals surface area contributed by atoms with Gasteiger partial charge < -0.3 is 10.8 Å². The molecule has 0 spiro atoms. The van der Waals surface area contributed by atoms with Gasteiger partial charge in [0.15, 0.2) is 0 Å². The Labute approximate surface area is 111 Å². The van der Waals surface area contributed by atoms with Crippen LogP contribution in [0.15, 0.2) is 24.8 Å². The molecule has 1 rings (SSSR count). The lowest BCUT2D eigenvalue weighted by Gasteiger charge is -2.20. The van der Waals surface area contributed by atoms with E-state index in [0.717, 1.165) is 5.56 Å². The molecule has 17 heavy (non-hydrogen) atoms. The molecule has 0 saturated heterocycles. The van der Waals surface area contributed by atoms with E-state index in [9.17, 15) is 0 Å². The van der Waals surface area contributed by atoms with Crippen LogP contribution in [0.3, 0.4) is 0 Å². The number of nitrogen functional groups attached to an aromatic ring is 1. The monoisotopic (exact) mass is 274 g/mol. The Morgan fingerprint density at radius 3 is 2.41 bits per heavy atom. The number of aliphatic hydroxyl groups excluding tert-OH is 1. The van der Waals surface area contributed by atoms with Crippen molar-refractivity contribution in [1.29, 1.82) is 0 Å². The molecule has 0 aromatic heterocycles. The molecule has 0 amide bonds. The lowest BCUT2D eigenvalue weighted by atomic mass is 10.2. The molecule has 0 heterocycles.